The minimum atomic E-state index is -2.66. The molecule has 5 rings (SSSR count). The van der Waals surface area contributed by atoms with Crippen LogP contribution in [-0.4, -0.2) is 42.3 Å². The second-order valence-electron chi connectivity index (χ2n) is 7.38. The number of nitrogens with zero attached hydrogens (tertiary/aromatic N) is 7. The van der Waals surface area contributed by atoms with Gasteiger partial charge in [-0.3, -0.25) is 14.0 Å². The summed E-state index contributed by atoms with van der Waals surface area (Å²) in [4.78, 5) is 28.4. The van der Waals surface area contributed by atoms with Crippen molar-refractivity contribution in [3.05, 3.63) is 53.0 Å². The van der Waals surface area contributed by atoms with Gasteiger partial charge in [0.1, 0.15) is 18.0 Å². The molecule has 0 N–H and O–H groups in total. The van der Waals surface area contributed by atoms with Gasteiger partial charge in [-0.05, 0) is 25.0 Å². The zero-order chi connectivity index (χ0) is 20.8. The van der Waals surface area contributed by atoms with Crippen LogP contribution in [0, 0.1) is 0 Å². The van der Waals surface area contributed by atoms with Gasteiger partial charge in [0.05, 0.1) is 28.9 Å². The highest BCUT2D eigenvalue weighted by molar-refractivity contribution is 5.86. The minimum Gasteiger partial charge on any atom is -0.346 e. The van der Waals surface area contributed by atoms with E-state index in [1.54, 1.807) is 36.0 Å². The van der Waals surface area contributed by atoms with Gasteiger partial charge in [0.25, 0.3) is 12.0 Å². The number of hydrogen-bond acceptors (Lipinski definition) is 6. The summed E-state index contributed by atoms with van der Waals surface area (Å²) in [5.41, 5.74) is 0.616. The summed E-state index contributed by atoms with van der Waals surface area (Å²) < 4.78 is 29.5. The molecule has 0 saturated carbocycles. The quantitative estimate of drug-likeness (QED) is 0.514. The predicted molar refractivity (Wildman–Crippen MR) is 108 cm³/mol. The SMILES string of the molecule is Cn1cc2c(N3CCCC3c3nc4ccccc4c(=O)n3CC(F)F)ncnc2n1. The van der Waals surface area contributed by atoms with Crippen LogP contribution in [0.2, 0.25) is 0 Å². The molecule has 4 heterocycles. The molecule has 0 spiro atoms. The van der Waals surface area contributed by atoms with Gasteiger partial charge in [-0.15, -0.1) is 0 Å². The van der Waals surface area contributed by atoms with Crippen LogP contribution in [0.4, 0.5) is 14.6 Å². The van der Waals surface area contributed by atoms with E-state index < -0.39 is 18.5 Å². The lowest BCUT2D eigenvalue weighted by atomic mass is 10.1. The Balaban J connectivity index is 1.69. The van der Waals surface area contributed by atoms with Crippen LogP contribution in [0.3, 0.4) is 0 Å². The van der Waals surface area contributed by atoms with Crippen molar-refractivity contribution in [2.24, 2.45) is 7.05 Å². The maximum atomic E-state index is 13.4. The topological polar surface area (TPSA) is 81.7 Å². The van der Waals surface area contributed by atoms with Crippen molar-refractivity contribution in [1.82, 2.24) is 29.3 Å². The third-order valence-electron chi connectivity index (χ3n) is 5.44. The lowest BCUT2D eigenvalue weighted by Crippen LogP contribution is -2.34. The average Bonchev–Trinajstić information content (AvgIpc) is 3.35. The molecule has 1 fully saturated rings. The first kappa shape index (κ1) is 18.6. The van der Waals surface area contributed by atoms with E-state index >= 15 is 0 Å². The number of alkyl halides is 2. The van der Waals surface area contributed by atoms with Gasteiger partial charge in [0.15, 0.2) is 5.65 Å². The fraction of sp³-hybridized carbons (Fsp3) is 0.350. The minimum absolute atomic E-state index is 0.336. The molecule has 8 nitrogen and oxygen atoms in total. The molecule has 10 heteroatoms. The van der Waals surface area contributed by atoms with Gasteiger partial charge in [-0.25, -0.2) is 23.7 Å². The summed E-state index contributed by atoms with van der Waals surface area (Å²) in [6, 6.07) is 6.49. The van der Waals surface area contributed by atoms with Crippen LogP contribution >= 0.6 is 0 Å². The molecule has 1 unspecified atom stereocenters. The molecular formula is C20H19F2N7O. The molecule has 154 valence electrons. The van der Waals surface area contributed by atoms with Gasteiger partial charge < -0.3 is 4.90 Å². The van der Waals surface area contributed by atoms with E-state index in [1.165, 1.54) is 6.33 Å². The lowest BCUT2D eigenvalue weighted by Gasteiger charge is -2.27. The van der Waals surface area contributed by atoms with Crippen molar-refractivity contribution in [1.29, 1.82) is 0 Å². The van der Waals surface area contributed by atoms with Crippen molar-refractivity contribution in [3.63, 3.8) is 0 Å². The van der Waals surface area contributed by atoms with E-state index in [4.69, 9.17) is 0 Å². The van der Waals surface area contributed by atoms with E-state index in [-0.39, 0.29) is 6.04 Å². The molecule has 0 amide bonds. The Morgan fingerprint density at radius 1 is 1.20 bits per heavy atom. The van der Waals surface area contributed by atoms with E-state index in [0.29, 0.717) is 41.2 Å². The molecule has 1 saturated heterocycles. The first-order valence-electron chi connectivity index (χ1n) is 9.71. The van der Waals surface area contributed by atoms with Crippen LogP contribution in [-0.2, 0) is 13.6 Å². The summed E-state index contributed by atoms with van der Waals surface area (Å²) in [6.45, 7) is -0.0224. The smallest absolute Gasteiger partial charge is 0.261 e. The van der Waals surface area contributed by atoms with Crippen molar-refractivity contribution in [2.45, 2.75) is 31.9 Å². The molecule has 30 heavy (non-hydrogen) atoms. The molecule has 1 atom stereocenters. The van der Waals surface area contributed by atoms with Crippen LogP contribution in [0.15, 0.2) is 41.6 Å². The van der Waals surface area contributed by atoms with Crippen LogP contribution in [0.5, 0.6) is 0 Å². The highest BCUT2D eigenvalue weighted by Crippen LogP contribution is 2.37. The lowest BCUT2D eigenvalue weighted by molar-refractivity contribution is 0.123. The first-order valence-corrected chi connectivity index (χ1v) is 9.71. The monoisotopic (exact) mass is 411 g/mol. The van der Waals surface area contributed by atoms with Crippen LogP contribution < -0.4 is 10.5 Å². The Bertz CT molecular complexity index is 1300. The van der Waals surface area contributed by atoms with Gasteiger partial charge >= 0.3 is 0 Å². The summed E-state index contributed by atoms with van der Waals surface area (Å²) in [5, 5.41) is 5.43. The Hall–Kier alpha value is -3.43. The molecule has 0 radical (unpaired) electrons. The van der Waals surface area contributed by atoms with Gasteiger partial charge in [0.2, 0.25) is 0 Å². The molecule has 3 aromatic heterocycles. The normalized spacial score (nSPS) is 16.9. The molecule has 0 aliphatic carbocycles. The Labute approximate surface area is 169 Å². The zero-order valence-corrected chi connectivity index (χ0v) is 16.2. The maximum Gasteiger partial charge on any atom is 0.261 e. The Morgan fingerprint density at radius 2 is 2.03 bits per heavy atom. The highest BCUT2D eigenvalue weighted by atomic mass is 19.3. The van der Waals surface area contributed by atoms with Gasteiger partial charge in [-0.2, -0.15) is 5.10 Å². The van der Waals surface area contributed by atoms with Gasteiger partial charge in [0, 0.05) is 19.8 Å². The van der Waals surface area contributed by atoms with Crippen molar-refractivity contribution in [3.8, 4) is 0 Å². The summed E-state index contributed by atoms with van der Waals surface area (Å²) in [5.74, 6) is 1.01. The number of fused-ring (bicyclic) bond motifs is 2. The van der Waals surface area contributed by atoms with E-state index in [9.17, 15) is 13.6 Å². The van der Waals surface area contributed by atoms with Crippen molar-refractivity contribution < 1.29 is 8.78 Å². The summed E-state index contributed by atoms with van der Waals surface area (Å²) in [7, 11) is 1.80. The van der Waals surface area contributed by atoms with Crippen LogP contribution in [0.1, 0.15) is 24.7 Å². The van der Waals surface area contributed by atoms with Crippen molar-refractivity contribution in [2.75, 3.05) is 11.4 Å². The fourth-order valence-corrected chi connectivity index (χ4v) is 4.21. The molecular weight excluding hydrogens is 392 g/mol. The number of aryl methyl sites for hydroxylation is 1. The predicted octanol–water partition coefficient (Wildman–Crippen LogP) is 2.68. The average molecular weight is 411 g/mol. The number of rotatable bonds is 4. The standard InChI is InChI=1S/C20H19F2N7O/c1-27-9-13-17(26-27)23-11-24-18(13)28-8-4-7-15(28)19-25-14-6-3-2-5-12(14)20(30)29(19)10-16(21)22/h2-3,5-6,9,11,15-16H,4,7-8,10H2,1H3. The third-order valence-corrected chi connectivity index (χ3v) is 5.44. The second kappa shape index (κ2) is 7.12. The number of anilines is 1. The highest BCUT2D eigenvalue weighted by Gasteiger charge is 2.33. The summed E-state index contributed by atoms with van der Waals surface area (Å²) in [6.07, 6.45) is 2.12. The van der Waals surface area contributed by atoms with Crippen LogP contribution in [0.25, 0.3) is 21.9 Å². The first-order chi connectivity index (χ1) is 14.5. The zero-order valence-electron chi connectivity index (χ0n) is 16.2. The molecule has 1 aliphatic rings. The number of halogens is 2. The second-order valence-corrected chi connectivity index (χ2v) is 7.38. The number of hydrogen-bond donors (Lipinski definition) is 0. The molecule has 0 bridgehead atoms. The number of aromatic nitrogens is 6. The fourth-order valence-electron chi connectivity index (χ4n) is 4.21. The van der Waals surface area contributed by atoms with E-state index in [0.717, 1.165) is 16.4 Å². The summed E-state index contributed by atoms with van der Waals surface area (Å²) >= 11 is 0. The maximum absolute atomic E-state index is 13.4. The number of benzene rings is 1. The third kappa shape index (κ3) is 2.99. The molecule has 4 aromatic rings. The van der Waals surface area contributed by atoms with Crippen molar-refractivity contribution >= 4 is 27.8 Å². The largest absolute Gasteiger partial charge is 0.346 e. The number of para-hydroxylation sites is 1. The van der Waals surface area contributed by atoms with Gasteiger partial charge in [-0.1, -0.05) is 12.1 Å². The Kier molecular flexibility index (Phi) is 4.41. The van der Waals surface area contributed by atoms with E-state index in [1.807, 2.05) is 11.1 Å². The molecule has 1 aromatic carbocycles. The Morgan fingerprint density at radius 3 is 2.87 bits per heavy atom. The van der Waals surface area contributed by atoms with E-state index in [2.05, 4.69) is 20.1 Å². The molecule has 1 aliphatic heterocycles.